The molecule has 2 fully saturated rings. The summed E-state index contributed by atoms with van der Waals surface area (Å²) < 4.78 is 2.06. The summed E-state index contributed by atoms with van der Waals surface area (Å²) in [6.45, 7) is 10.1. The highest BCUT2D eigenvalue weighted by Crippen LogP contribution is 2.27. The Balaban J connectivity index is 1.56. The topological polar surface area (TPSA) is 33.1 Å². The van der Waals surface area contributed by atoms with Crippen molar-refractivity contribution in [1.29, 1.82) is 0 Å². The summed E-state index contributed by atoms with van der Waals surface area (Å²) in [6.07, 6.45) is 9.66. The van der Waals surface area contributed by atoms with E-state index in [4.69, 9.17) is 0 Å². The molecule has 112 valence electrons. The number of nitrogens with zero attached hydrogens (tertiary/aromatic N) is 3. The molecule has 0 bridgehead atoms. The third kappa shape index (κ3) is 2.91. The maximum Gasteiger partial charge on any atom is 0.0543 e. The first-order valence-corrected chi connectivity index (χ1v) is 8.05. The lowest BCUT2D eigenvalue weighted by molar-refractivity contribution is 0.180. The fourth-order valence-electron chi connectivity index (χ4n) is 3.55. The number of nitrogens with one attached hydrogen (secondary N) is 1. The Bertz CT molecular complexity index is 446. The van der Waals surface area contributed by atoms with Gasteiger partial charge in [0.2, 0.25) is 0 Å². The second kappa shape index (κ2) is 5.49. The van der Waals surface area contributed by atoms with Gasteiger partial charge in [0.05, 0.1) is 11.7 Å². The van der Waals surface area contributed by atoms with Crippen LogP contribution in [-0.2, 0) is 12.1 Å². The smallest absolute Gasteiger partial charge is 0.0543 e. The molecule has 20 heavy (non-hydrogen) atoms. The average Bonchev–Trinajstić information content (AvgIpc) is 3.02. The molecule has 0 amide bonds. The molecule has 4 heteroatoms. The summed E-state index contributed by atoms with van der Waals surface area (Å²) in [7, 11) is 0. The molecule has 0 aliphatic carbocycles. The van der Waals surface area contributed by atoms with E-state index >= 15 is 0 Å². The normalized spacial score (nSPS) is 27.8. The molecule has 3 rings (SSSR count). The number of fused-ring (bicyclic) bond motifs is 1. The number of hydrogen-bond donors (Lipinski definition) is 1. The fraction of sp³-hybridized carbons (Fsp3) is 0.812. The van der Waals surface area contributed by atoms with Crippen LogP contribution < -0.4 is 5.32 Å². The molecule has 0 radical (unpaired) electrons. The first-order valence-electron chi connectivity index (χ1n) is 8.05. The summed E-state index contributed by atoms with van der Waals surface area (Å²) >= 11 is 0. The number of aromatic nitrogens is 2. The van der Waals surface area contributed by atoms with E-state index in [9.17, 15) is 0 Å². The minimum atomic E-state index is 0.0752. The van der Waals surface area contributed by atoms with Crippen molar-refractivity contribution in [2.75, 3.05) is 13.1 Å². The van der Waals surface area contributed by atoms with Crippen molar-refractivity contribution in [3.8, 4) is 0 Å². The molecule has 0 aromatic carbocycles. The first kappa shape index (κ1) is 14.1. The molecule has 2 saturated heterocycles. The summed E-state index contributed by atoms with van der Waals surface area (Å²) in [5, 5.41) is 8.25. The fourth-order valence-corrected chi connectivity index (χ4v) is 3.55. The Morgan fingerprint density at radius 2 is 2.10 bits per heavy atom. The Morgan fingerprint density at radius 1 is 1.25 bits per heavy atom. The Labute approximate surface area is 122 Å². The van der Waals surface area contributed by atoms with Crippen molar-refractivity contribution in [2.45, 2.75) is 70.6 Å². The zero-order chi connectivity index (χ0) is 14.2. The number of piperidine rings is 1. The van der Waals surface area contributed by atoms with E-state index in [1.807, 2.05) is 6.20 Å². The molecule has 1 aromatic heterocycles. The molecule has 0 spiro atoms. The predicted molar refractivity (Wildman–Crippen MR) is 81.7 cm³/mol. The van der Waals surface area contributed by atoms with Gasteiger partial charge in [0.25, 0.3) is 0 Å². The van der Waals surface area contributed by atoms with Crippen LogP contribution in [-0.4, -0.2) is 39.9 Å². The predicted octanol–water partition coefficient (Wildman–Crippen LogP) is 2.35. The summed E-state index contributed by atoms with van der Waals surface area (Å²) in [5.41, 5.74) is 1.38. The van der Waals surface area contributed by atoms with E-state index in [-0.39, 0.29) is 5.54 Å². The lowest BCUT2D eigenvalue weighted by Crippen LogP contribution is -2.44. The van der Waals surface area contributed by atoms with Gasteiger partial charge in [0.1, 0.15) is 0 Å². The maximum atomic E-state index is 4.48. The van der Waals surface area contributed by atoms with Gasteiger partial charge in [-0.25, -0.2) is 0 Å². The molecular formula is C16H28N4. The van der Waals surface area contributed by atoms with E-state index in [2.05, 4.69) is 47.0 Å². The zero-order valence-electron chi connectivity index (χ0n) is 13.1. The standard InChI is InChI=1S/C16H28N4/c1-16(2,3)20-12-13(11-18-20)10-17-14-7-9-19-8-5-4-6-15(14)19/h11-12,14-15,17H,4-10H2,1-3H3. The number of rotatable bonds is 3. The van der Waals surface area contributed by atoms with Crippen LogP contribution in [0.2, 0.25) is 0 Å². The van der Waals surface area contributed by atoms with Crippen molar-refractivity contribution < 1.29 is 0 Å². The minimum absolute atomic E-state index is 0.0752. The van der Waals surface area contributed by atoms with Crippen molar-refractivity contribution in [3.05, 3.63) is 18.0 Å². The van der Waals surface area contributed by atoms with E-state index in [0.717, 1.165) is 12.6 Å². The van der Waals surface area contributed by atoms with Gasteiger partial charge in [-0.2, -0.15) is 5.10 Å². The third-order valence-corrected chi connectivity index (χ3v) is 4.75. The lowest BCUT2D eigenvalue weighted by atomic mass is 9.99. The van der Waals surface area contributed by atoms with Crippen LogP contribution in [0.5, 0.6) is 0 Å². The lowest BCUT2D eigenvalue weighted by Gasteiger charge is -2.32. The van der Waals surface area contributed by atoms with E-state index < -0.39 is 0 Å². The van der Waals surface area contributed by atoms with Gasteiger partial charge in [-0.3, -0.25) is 9.58 Å². The summed E-state index contributed by atoms with van der Waals surface area (Å²) in [6, 6.07) is 1.45. The second-order valence-corrected chi connectivity index (χ2v) is 7.34. The molecule has 2 atom stereocenters. The average molecular weight is 276 g/mol. The molecule has 2 aliphatic rings. The van der Waals surface area contributed by atoms with Crippen LogP contribution in [0.1, 0.15) is 52.0 Å². The van der Waals surface area contributed by atoms with Crippen molar-refractivity contribution in [2.24, 2.45) is 0 Å². The minimum Gasteiger partial charge on any atom is -0.308 e. The molecular weight excluding hydrogens is 248 g/mol. The van der Waals surface area contributed by atoms with Gasteiger partial charge >= 0.3 is 0 Å². The summed E-state index contributed by atoms with van der Waals surface area (Å²) in [5.74, 6) is 0. The highest BCUT2D eigenvalue weighted by Gasteiger charge is 2.34. The zero-order valence-corrected chi connectivity index (χ0v) is 13.1. The van der Waals surface area contributed by atoms with E-state index in [1.54, 1.807) is 0 Å². The second-order valence-electron chi connectivity index (χ2n) is 7.34. The Morgan fingerprint density at radius 3 is 2.85 bits per heavy atom. The van der Waals surface area contributed by atoms with E-state index in [0.29, 0.717) is 6.04 Å². The Hall–Kier alpha value is -0.870. The third-order valence-electron chi connectivity index (χ3n) is 4.75. The van der Waals surface area contributed by atoms with Gasteiger partial charge < -0.3 is 5.32 Å². The van der Waals surface area contributed by atoms with Crippen LogP contribution in [0.25, 0.3) is 0 Å². The van der Waals surface area contributed by atoms with Crippen LogP contribution in [0, 0.1) is 0 Å². The van der Waals surface area contributed by atoms with Crippen molar-refractivity contribution >= 4 is 0 Å². The van der Waals surface area contributed by atoms with Gasteiger partial charge in [0, 0.05) is 36.9 Å². The molecule has 3 heterocycles. The quantitative estimate of drug-likeness (QED) is 0.920. The van der Waals surface area contributed by atoms with Crippen molar-refractivity contribution in [3.63, 3.8) is 0 Å². The maximum absolute atomic E-state index is 4.48. The Kier molecular flexibility index (Phi) is 3.87. The monoisotopic (exact) mass is 276 g/mol. The molecule has 1 N–H and O–H groups in total. The van der Waals surface area contributed by atoms with Crippen molar-refractivity contribution in [1.82, 2.24) is 20.0 Å². The van der Waals surface area contributed by atoms with Gasteiger partial charge in [-0.1, -0.05) is 6.42 Å². The molecule has 4 nitrogen and oxygen atoms in total. The molecule has 2 aliphatic heterocycles. The van der Waals surface area contributed by atoms with Crippen LogP contribution >= 0.6 is 0 Å². The molecule has 2 unspecified atom stereocenters. The summed E-state index contributed by atoms with van der Waals surface area (Å²) in [4.78, 5) is 2.68. The SMILES string of the molecule is CC(C)(C)n1cc(CNC2CCN3CCCCC23)cn1. The van der Waals surface area contributed by atoms with Gasteiger partial charge in [0.15, 0.2) is 0 Å². The first-order chi connectivity index (χ1) is 9.54. The van der Waals surface area contributed by atoms with Gasteiger partial charge in [-0.05, 0) is 46.6 Å². The molecule has 0 saturated carbocycles. The van der Waals surface area contributed by atoms with Gasteiger partial charge in [-0.15, -0.1) is 0 Å². The van der Waals surface area contributed by atoms with Crippen LogP contribution in [0.15, 0.2) is 12.4 Å². The highest BCUT2D eigenvalue weighted by atomic mass is 15.3. The van der Waals surface area contributed by atoms with Crippen LogP contribution in [0.3, 0.4) is 0 Å². The molecule has 1 aromatic rings. The van der Waals surface area contributed by atoms with Crippen LogP contribution in [0.4, 0.5) is 0 Å². The highest BCUT2D eigenvalue weighted by molar-refractivity contribution is 5.06. The number of hydrogen-bond acceptors (Lipinski definition) is 3. The largest absolute Gasteiger partial charge is 0.308 e. The van der Waals surface area contributed by atoms with E-state index in [1.165, 1.54) is 44.3 Å².